The average Bonchev–Trinajstić information content (AvgIpc) is 3.33. The molecule has 1 fully saturated rings. The summed E-state index contributed by atoms with van der Waals surface area (Å²) >= 11 is 0. The third kappa shape index (κ3) is 4.57. The van der Waals surface area contributed by atoms with E-state index in [0.717, 1.165) is 38.2 Å². The van der Waals surface area contributed by atoms with Crippen molar-refractivity contribution in [3.05, 3.63) is 83.5 Å². The molecule has 5 rings (SSSR count). The lowest BCUT2D eigenvalue weighted by atomic mass is 9.66. The van der Waals surface area contributed by atoms with E-state index < -0.39 is 0 Å². The topological polar surface area (TPSA) is 32.7 Å². The Kier molecular flexibility index (Phi) is 6.13. The van der Waals surface area contributed by atoms with Crippen LogP contribution in [0.1, 0.15) is 48.3 Å². The number of ether oxygens (including phenoxy) is 1. The summed E-state index contributed by atoms with van der Waals surface area (Å²) in [5, 5.41) is 10.0. The first kappa shape index (κ1) is 20.4. The largest absolute Gasteiger partial charge is 0.508 e. The number of aromatic hydroxyl groups is 1. The highest BCUT2D eigenvalue weighted by molar-refractivity contribution is 5.45. The van der Waals surface area contributed by atoms with Crippen LogP contribution in [0.3, 0.4) is 0 Å². The number of phenols is 1. The first-order valence-corrected chi connectivity index (χ1v) is 11.9. The Balaban J connectivity index is 1.36. The monoisotopic (exact) mass is 415 g/mol. The maximum Gasteiger partial charge on any atom is 0.119 e. The molecule has 0 saturated carbocycles. The normalized spacial score (nSPS) is 25.5. The van der Waals surface area contributed by atoms with Gasteiger partial charge in [-0.15, -0.1) is 0 Å². The molecule has 3 heteroatoms. The Hall–Kier alpha value is -2.52. The van der Waals surface area contributed by atoms with E-state index >= 15 is 0 Å². The third-order valence-corrected chi connectivity index (χ3v) is 7.31. The number of rotatable bonds is 6. The van der Waals surface area contributed by atoms with Crippen LogP contribution in [0.5, 0.6) is 11.5 Å². The first-order chi connectivity index (χ1) is 15.3. The van der Waals surface area contributed by atoms with E-state index in [0.29, 0.717) is 23.5 Å². The van der Waals surface area contributed by atoms with Gasteiger partial charge in [-0.3, -0.25) is 4.90 Å². The van der Waals surface area contributed by atoms with Crippen LogP contribution in [-0.4, -0.2) is 36.2 Å². The molecule has 0 aromatic heterocycles. The fourth-order valence-electron chi connectivity index (χ4n) is 5.71. The summed E-state index contributed by atoms with van der Waals surface area (Å²) in [6.07, 6.45) is 15.0. The first-order valence-electron chi connectivity index (χ1n) is 11.9. The lowest BCUT2D eigenvalue weighted by Crippen LogP contribution is -2.28. The van der Waals surface area contributed by atoms with Crippen LogP contribution in [0.25, 0.3) is 0 Å². The Morgan fingerprint density at radius 1 is 1.00 bits per heavy atom. The highest BCUT2D eigenvalue weighted by Crippen LogP contribution is 2.47. The quantitative estimate of drug-likeness (QED) is 0.657. The van der Waals surface area contributed by atoms with Crippen LogP contribution < -0.4 is 4.74 Å². The molecule has 2 aromatic rings. The molecular formula is C28H33NO2. The number of likely N-dealkylation sites (tertiary alicyclic amines) is 1. The van der Waals surface area contributed by atoms with E-state index in [4.69, 9.17) is 4.74 Å². The van der Waals surface area contributed by atoms with Gasteiger partial charge in [0, 0.05) is 12.5 Å². The molecule has 2 aromatic carbocycles. The van der Waals surface area contributed by atoms with Crippen LogP contribution in [0.15, 0.2) is 66.8 Å². The maximum absolute atomic E-state index is 10.0. The summed E-state index contributed by atoms with van der Waals surface area (Å²) in [6, 6.07) is 14.7. The van der Waals surface area contributed by atoms with Gasteiger partial charge < -0.3 is 9.84 Å². The standard InChI is InChI=1S/C28H33NO2/c30-24-11-15-27-23(20-24)10-14-26(21-6-2-1-3-7-21)28(27)22-8-12-25(13-9-22)31-19-18-29-16-4-5-17-29/h1-3,6,8-9,11-13,15,20-21,26,28,30H,4-5,7,10,14,16-19H2/t21?,26-,28+/m1/s1. The summed E-state index contributed by atoms with van der Waals surface area (Å²) in [6.45, 7) is 4.20. The molecule has 2 aliphatic carbocycles. The minimum Gasteiger partial charge on any atom is -0.508 e. The van der Waals surface area contributed by atoms with Gasteiger partial charge in [0.15, 0.2) is 0 Å². The summed E-state index contributed by atoms with van der Waals surface area (Å²) < 4.78 is 6.04. The van der Waals surface area contributed by atoms with Crippen molar-refractivity contribution in [2.45, 2.75) is 38.0 Å². The Bertz CT molecular complexity index is 940. The number of fused-ring (bicyclic) bond motifs is 1. The number of allylic oxidation sites excluding steroid dienone is 4. The molecule has 1 heterocycles. The highest BCUT2D eigenvalue weighted by atomic mass is 16.5. The van der Waals surface area contributed by atoms with E-state index in [1.807, 2.05) is 12.1 Å². The molecule has 3 atom stereocenters. The van der Waals surface area contributed by atoms with Crippen LogP contribution in [0.4, 0.5) is 0 Å². The molecule has 1 saturated heterocycles. The zero-order valence-corrected chi connectivity index (χ0v) is 18.2. The Labute approximate surface area is 186 Å². The molecule has 0 amide bonds. The van der Waals surface area contributed by atoms with Crippen molar-refractivity contribution < 1.29 is 9.84 Å². The highest BCUT2D eigenvalue weighted by Gasteiger charge is 2.35. The third-order valence-electron chi connectivity index (χ3n) is 7.31. The lowest BCUT2D eigenvalue weighted by molar-refractivity contribution is 0.237. The van der Waals surface area contributed by atoms with Gasteiger partial charge in [-0.2, -0.15) is 0 Å². The molecule has 31 heavy (non-hydrogen) atoms. The predicted molar refractivity (Wildman–Crippen MR) is 126 cm³/mol. The molecule has 0 bridgehead atoms. The van der Waals surface area contributed by atoms with Crippen LogP contribution >= 0.6 is 0 Å². The number of nitrogens with zero attached hydrogens (tertiary/aromatic N) is 1. The molecule has 1 aliphatic heterocycles. The van der Waals surface area contributed by atoms with Gasteiger partial charge in [0.2, 0.25) is 0 Å². The van der Waals surface area contributed by atoms with E-state index in [1.165, 1.54) is 42.6 Å². The minimum absolute atomic E-state index is 0.351. The lowest BCUT2D eigenvalue weighted by Gasteiger charge is -2.38. The summed E-state index contributed by atoms with van der Waals surface area (Å²) in [4.78, 5) is 2.49. The Morgan fingerprint density at radius 2 is 1.84 bits per heavy atom. The smallest absolute Gasteiger partial charge is 0.119 e. The van der Waals surface area contributed by atoms with Gasteiger partial charge in [-0.25, -0.2) is 0 Å². The molecule has 1 N–H and O–H groups in total. The van der Waals surface area contributed by atoms with E-state index in [2.05, 4.69) is 59.5 Å². The summed E-state index contributed by atoms with van der Waals surface area (Å²) in [7, 11) is 0. The second kappa shape index (κ2) is 9.32. The number of hydrogen-bond donors (Lipinski definition) is 1. The number of aryl methyl sites for hydroxylation is 1. The molecule has 3 nitrogen and oxygen atoms in total. The van der Waals surface area contributed by atoms with Crippen molar-refractivity contribution in [3.63, 3.8) is 0 Å². The van der Waals surface area contributed by atoms with Gasteiger partial charge in [0.05, 0.1) is 0 Å². The maximum atomic E-state index is 10.0. The minimum atomic E-state index is 0.351. The molecule has 3 aliphatic rings. The number of benzene rings is 2. The SMILES string of the molecule is Oc1ccc2c(c1)CC[C@H](C1C=CC=CC1)[C@@H]2c1ccc(OCCN2CCCC2)cc1. The van der Waals surface area contributed by atoms with Crippen molar-refractivity contribution in [1.29, 1.82) is 0 Å². The molecular weight excluding hydrogens is 382 g/mol. The van der Waals surface area contributed by atoms with Crippen molar-refractivity contribution in [2.75, 3.05) is 26.2 Å². The predicted octanol–water partition coefficient (Wildman–Crippen LogP) is 5.69. The van der Waals surface area contributed by atoms with Crippen molar-refractivity contribution in [3.8, 4) is 11.5 Å². The molecule has 0 spiro atoms. The van der Waals surface area contributed by atoms with Crippen molar-refractivity contribution in [2.24, 2.45) is 11.8 Å². The number of phenolic OH excluding ortho intramolecular Hbond substituents is 1. The molecule has 1 unspecified atom stereocenters. The second-order valence-electron chi connectivity index (χ2n) is 9.24. The Morgan fingerprint density at radius 3 is 2.61 bits per heavy atom. The van der Waals surface area contributed by atoms with Gasteiger partial charge in [0.1, 0.15) is 18.1 Å². The van der Waals surface area contributed by atoms with E-state index in [9.17, 15) is 5.11 Å². The zero-order valence-electron chi connectivity index (χ0n) is 18.2. The fraction of sp³-hybridized carbons (Fsp3) is 0.429. The van der Waals surface area contributed by atoms with Gasteiger partial charge >= 0.3 is 0 Å². The van der Waals surface area contributed by atoms with Crippen LogP contribution in [0.2, 0.25) is 0 Å². The van der Waals surface area contributed by atoms with Crippen molar-refractivity contribution in [1.82, 2.24) is 4.90 Å². The second-order valence-corrected chi connectivity index (χ2v) is 9.24. The average molecular weight is 416 g/mol. The molecule has 0 radical (unpaired) electrons. The van der Waals surface area contributed by atoms with Crippen molar-refractivity contribution >= 4 is 0 Å². The van der Waals surface area contributed by atoms with E-state index in [-0.39, 0.29) is 0 Å². The summed E-state index contributed by atoms with van der Waals surface area (Å²) in [5.41, 5.74) is 4.02. The van der Waals surface area contributed by atoms with Crippen LogP contribution in [-0.2, 0) is 6.42 Å². The van der Waals surface area contributed by atoms with Gasteiger partial charge in [0.25, 0.3) is 0 Å². The zero-order chi connectivity index (χ0) is 21.0. The van der Waals surface area contributed by atoms with E-state index in [1.54, 1.807) is 0 Å². The molecule has 162 valence electrons. The van der Waals surface area contributed by atoms with Crippen LogP contribution in [0, 0.1) is 11.8 Å². The van der Waals surface area contributed by atoms with Gasteiger partial charge in [-0.1, -0.05) is 42.5 Å². The van der Waals surface area contributed by atoms with Gasteiger partial charge in [-0.05, 0) is 98.0 Å². The summed E-state index contributed by atoms with van der Waals surface area (Å²) in [5.74, 6) is 2.82. The fourth-order valence-corrected chi connectivity index (χ4v) is 5.71. The number of hydrogen-bond acceptors (Lipinski definition) is 3.